The normalized spacial score (nSPS) is 11.3. The summed E-state index contributed by atoms with van der Waals surface area (Å²) < 4.78 is 21.7. The SMILES string of the molecule is Cc1cnccc1NCCCS(C)(=O)=O. The van der Waals surface area contributed by atoms with Crippen molar-refractivity contribution in [1.29, 1.82) is 0 Å². The molecule has 0 fully saturated rings. The Morgan fingerprint density at radius 3 is 2.80 bits per heavy atom. The number of aryl methyl sites for hydroxylation is 1. The average molecular weight is 228 g/mol. The molecular formula is C10H16N2O2S. The zero-order chi connectivity index (χ0) is 11.3. The van der Waals surface area contributed by atoms with Crippen LogP contribution >= 0.6 is 0 Å². The maximum Gasteiger partial charge on any atom is 0.147 e. The molecule has 84 valence electrons. The van der Waals surface area contributed by atoms with Crippen LogP contribution in [0.3, 0.4) is 0 Å². The molecule has 0 radical (unpaired) electrons. The van der Waals surface area contributed by atoms with Crippen LogP contribution in [0.15, 0.2) is 18.5 Å². The van der Waals surface area contributed by atoms with Gasteiger partial charge in [0.25, 0.3) is 0 Å². The molecule has 0 bridgehead atoms. The molecular weight excluding hydrogens is 212 g/mol. The summed E-state index contributed by atoms with van der Waals surface area (Å²) in [4.78, 5) is 3.98. The molecule has 1 aromatic heterocycles. The standard InChI is InChI=1S/C10H16N2O2S/c1-9-8-11-6-4-10(9)12-5-3-7-15(2,13)14/h4,6,8H,3,5,7H2,1-2H3,(H,11,12). The smallest absolute Gasteiger partial charge is 0.147 e. The predicted octanol–water partition coefficient (Wildman–Crippen LogP) is 1.24. The van der Waals surface area contributed by atoms with Crippen molar-refractivity contribution in [3.63, 3.8) is 0 Å². The van der Waals surface area contributed by atoms with Crippen molar-refractivity contribution in [3.8, 4) is 0 Å². The monoisotopic (exact) mass is 228 g/mol. The van der Waals surface area contributed by atoms with Crippen molar-refractivity contribution in [1.82, 2.24) is 4.98 Å². The quantitative estimate of drug-likeness (QED) is 0.770. The Balaban J connectivity index is 2.36. The molecule has 0 saturated carbocycles. The number of sulfone groups is 1. The highest BCUT2D eigenvalue weighted by Gasteiger charge is 2.01. The first-order valence-corrected chi connectivity index (χ1v) is 6.87. The Bertz CT molecular complexity index is 415. The van der Waals surface area contributed by atoms with Crippen molar-refractivity contribution < 1.29 is 8.42 Å². The number of aromatic nitrogens is 1. The van der Waals surface area contributed by atoms with Crippen LogP contribution in [0.1, 0.15) is 12.0 Å². The largest absolute Gasteiger partial charge is 0.385 e. The number of nitrogens with zero attached hydrogens (tertiary/aromatic N) is 1. The number of anilines is 1. The second-order valence-electron chi connectivity index (χ2n) is 3.60. The predicted molar refractivity (Wildman–Crippen MR) is 61.8 cm³/mol. The maximum atomic E-state index is 10.9. The van der Waals surface area contributed by atoms with Crippen molar-refractivity contribution in [2.75, 3.05) is 23.9 Å². The van der Waals surface area contributed by atoms with Gasteiger partial charge in [0.1, 0.15) is 9.84 Å². The molecule has 1 rings (SSSR count). The van der Waals surface area contributed by atoms with E-state index in [4.69, 9.17) is 0 Å². The minimum atomic E-state index is -2.84. The minimum Gasteiger partial charge on any atom is -0.385 e. The first-order chi connectivity index (χ1) is 6.99. The van der Waals surface area contributed by atoms with Crippen LogP contribution in [0.4, 0.5) is 5.69 Å². The molecule has 0 amide bonds. The fourth-order valence-electron chi connectivity index (χ4n) is 1.23. The highest BCUT2D eigenvalue weighted by molar-refractivity contribution is 7.90. The van der Waals surface area contributed by atoms with E-state index in [1.807, 2.05) is 13.0 Å². The topological polar surface area (TPSA) is 59.1 Å². The van der Waals surface area contributed by atoms with Crippen LogP contribution in [-0.2, 0) is 9.84 Å². The van der Waals surface area contributed by atoms with Gasteiger partial charge in [0.15, 0.2) is 0 Å². The van der Waals surface area contributed by atoms with E-state index in [9.17, 15) is 8.42 Å². The lowest BCUT2D eigenvalue weighted by Crippen LogP contribution is -2.10. The van der Waals surface area contributed by atoms with Crippen molar-refractivity contribution in [2.24, 2.45) is 0 Å². The number of hydrogen-bond donors (Lipinski definition) is 1. The zero-order valence-electron chi connectivity index (χ0n) is 9.03. The summed E-state index contributed by atoms with van der Waals surface area (Å²) in [5, 5.41) is 3.18. The fourth-order valence-corrected chi connectivity index (χ4v) is 1.90. The third kappa shape index (κ3) is 4.78. The summed E-state index contributed by atoms with van der Waals surface area (Å²) in [6.45, 7) is 2.63. The number of hydrogen-bond acceptors (Lipinski definition) is 4. The summed E-state index contributed by atoms with van der Waals surface area (Å²) in [6, 6.07) is 1.88. The van der Waals surface area contributed by atoms with Gasteiger partial charge in [-0.1, -0.05) is 0 Å². The number of rotatable bonds is 5. The molecule has 0 aliphatic heterocycles. The summed E-state index contributed by atoms with van der Waals surface area (Å²) in [7, 11) is -2.84. The maximum absolute atomic E-state index is 10.9. The Morgan fingerprint density at radius 2 is 2.20 bits per heavy atom. The number of pyridine rings is 1. The van der Waals surface area contributed by atoms with Gasteiger partial charge in [-0.15, -0.1) is 0 Å². The second kappa shape index (κ2) is 5.11. The van der Waals surface area contributed by atoms with Gasteiger partial charge in [-0.05, 0) is 25.0 Å². The van der Waals surface area contributed by atoms with Crippen LogP contribution < -0.4 is 5.32 Å². The van der Waals surface area contributed by atoms with Crippen molar-refractivity contribution in [2.45, 2.75) is 13.3 Å². The Hall–Kier alpha value is -1.10. The van der Waals surface area contributed by atoms with Crippen LogP contribution in [0.5, 0.6) is 0 Å². The minimum absolute atomic E-state index is 0.226. The van der Waals surface area contributed by atoms with Crippen molar-refractivity contribution in [3.05, 3.63) is 24.0 Å². The highest BCUT2D eigenvalue weighted by Crippen LogP contribution is 2.11. The molecule has 15 heavy (non-hydrogen) atoms. The molecule has 0 aliphatic carbocycles. The van der Waals surface area contributed by atoms with Crippen LogP contribution in [-0.4, -0.2) is 32.0 Å². The van der Waals surface area contributed by atoms with Gasteiger partial charge in [-0.3, -0.25) is 4.98 Å². The molecule has 1 N–H and O–H groups in total. The molecule has 5 heteroatoms. The Labute approximate surface area is 90.7 Å². The van der Waals surface area contributed by atoms with Gasteiger partial charge in [-0.2, -0.15) is 0 Å². The molecule has 1 heterocycles. The zero-order valence-corrected chi connectivity index (χ0v) is 9.84. The van der Waals surface area contributed by atoms with Gasteiger partial charge < -0.3 is 5.32 Å². The summed E-state index contributed by atoms with van der Waals surface area (Å²) in [5.74, 6) is 0.226. The molecule has 0 aromatic carbocycles. The van der Waals surface area contributed by atoms with E-state index in [2.05, 4.69) is 10.3 Å². The molecule has 1 aromatic rings. The second-order valence-corrected chi connectivity index (χ2v) is 5.86. The lowest BCUT2D eigenvalue weighted by atomic mass is 10.2. The van der Waals surface area contributed by atoms with Gasteiger partial charge in [0, 0.05) is 30.9 Å². The molecule has 4 nitrogen and oxygen atoms in total. The van der Waals surface area contributed by atoms with Gasteiger partial charge in [0.05, 0.1) is 5.75 Å². The van der Waals surface area contributed by atoms with Gasteiger partial charge in [-0.25, -0.2) is 8.42 Å². The first-order valence-electron chi connectivity index (χ1n) is 4.81. The third-order valence-electron chi connectivity index (χ3n) is 2.03. The average Bonchev–Trinajstić information content (AvgIpc) is 2.13. The number of nitrogens with one attached hydrogen (secondary N) is 1. The van der Waals surface area contributed by atoms with E-state index < -0.39 is 9.84 Å². The van der Waals surface area contributed by atoms with E-state index in [0.717, 1.165) is 11.3 Å². The van der Waals surface area contributed by atoms with Gasteiger partial charge in [0.2, 0.25) is 0 Å². The molecule has 0 unspecified atom stereocenters. The first kappa shape index (κ1) is 12.0. The van der Waals surface area contributed by atoms with Gasteiger partial charge >= 0.3 is 0 Å². The summed E-state index contributed by atoms with van der Waals surface area (Å²) in [6.07, 6.45) is 5.37. The fraction of sp³-hybridized carbons (Fsp3) is 0.500. The van der Waals surface area contributed by atoms with E-state index >= 15 is 0 Å². The van der Waals surface area contributed by atoms with Crippen LogP contribution in [0.2, 0.25) is 0 Å². The molecule has 0 atom stereocenters. The lowest BCUT2D eigenvalue weighted by Gasteiger charge is -2.07. The van der Waals surface area contributed by atoms with Crippen molar-refractivity contribution >= 4 is 15.5 Å². The summed E-state index contributed by atoms with van der Waals surface area (Å²) >= 11 is 0. The van der Waals surface area contributed by atoms with E-state index in [1.165, 1.54) is 6.26 Å². The van der Waals surface area contributed by atoms with Crippen LogP contribution in [0.25, 0.3) is 0 Å². The highest BCUT2D eigenvalue weighted by atomic mass is 32.2. The van der Waals surface area contributed by atoms with Crippen LogP contribution in [0, 0.1) is 6.92 Å². The molecule has 0 saturated heterocycles. The molecule has 0 aliphatic rings. The van der Waals surface area contributed by atoms with E-state index in [-0.39, 0.29) is 5.75 Å². The molecule has 0 spiro atoms. The lowest BCUT2D eigenvalue weighted by molar-refractivity contribution is 0.600. The van der Waals surface area contributed by atoms with E-state index in [1.54, 1.807) is 12.4 Å². The summed E-state index contributed by atoms with van der Waals surface area (Å²) in [5.41, 5.74) is 2.08. The van der Waals surface area contributed by atoms with E-state index in [0.29, 0.717) is 13.0 Å². The third-order valence-corrected chi connectivity index (χ3v) is 3.06. The Kier molecular flexibility index (Phi) is 4.08. The Morgan fingerprint density at radius 1 is 1.47 bits per heavy atom.